The van der Waals surface area contributed by atoms with Crippen LogP contribution in [0.5, 0.6) is 0 Å². The first-order chi connectivity index (χ1) is 6.38. The van der Waals surface area contributed by atoms with Gasteiger partial charge in [-0.15, -0.1) is 0 Å². The number of hydrogen-bond acceptors (Lipinski definition) is 1. The van der Waals surface area contributed by atoms with Crippen LogP contribution in [-0.2, 0) is 0 Å². The molecule has 1 heteroatoms. The van der Waals surface area contributed by atoms with Crippen LogP contribution < -0.4 is 0 Å². The topological polar surface area (TPSA) is 20.2 Å². The molecule has 0 radical (unpaired) electrons. The molecule has 0 amide bonds. The lowest BCUT2D eigenvalue weighted by Gasteiger charge is -1.92. The summed E-state index contributed by atoms with van der Waals surface area (Å²) in [6.45, 7) is 2.92. The van der Waals surface area contributed by atoms with E-state index in [0.29, 0.717) is 0 Å². The summed E-state index contributed by atoms with van der Waals surface area (Å²) in [5, 5.41) is 9.95. The van der Waals surface area contributed by atoms with Crippen LogP contribution in [0.4, 0.5) is 0 Å². The van der Waals surface area contributed by atoms with E-state index in [-0.39, 0.29) is 0 Å². The van der Waals surface area contributed by atoms with Crippen LogP contribution in [0.2, 0.25) is 0 Å². The number of fused-ring (bicyclic) bond motifs is 1. The Morgan fingerprint density at radius 3 is 1.31 bits per heavy atom. The fourth-order valence-electron chi connectivity index (χ4n) is 1.13. The van der Waals surface area contributed by atoms with Gasteiger partial charge in [-0.3, -0.25) is 0 Å². The lowest BCUT2D eigenvalue weighted by atomic mass is 10.1. The van der Waals surface area contributed by atoms with Gasteiger partial charge in [0.15, 0.2) is 0 Å². The third-order valence-corrected chi connectivity index (χ3v) is 1.66. The van der Waals surface area contributed by atoms with Crippen LogP contribution in [-0.4, -0.2) is 5.11 Å². The first kappa shape index (κ1) is 9.33. The molecule has 2 aromatic rings. The zero-order valence-electron chi connectivity index (χ0n) is 7.35. The summed E-state index contributed by atoms with van der Waals surface area (Å²) in [6, 6.07) is 16.7. The largest absolute Gasteiger partial charge is 0.516 e. The van der Waals surface area contributed by atoms with Crippen molar-refractivity contribution in [3.8, 4) is 0 Å². The molecule has 0 spiro atoms. The Morgan fingerprint density at radius 1 is 0.846 bits per heavy atom. The molecule has 0 aromatic heterocycles. The average Bonchev–Trinajstić information content (AvgIpc) is 2.19. The predicted octanol–water partition coefficient (Wildman–Crippen LogP) is 3.53. The Labute approximate surface area is 78.0 Å². The summed E-state index contributed by atoms with van der Waals surface area (Å²) in [6.07, 6.45) is 0.750. The predicted molar refractivity (Wildman–Crippen MR) is 56.8 cm³/mol. The standard InChI is InChI=1S/C10H8.C2H4O/c1-2-6-10-8-4-3-7-9(10)5-1;1-2-3/h1-8H;2-3H,1H2. The van der Waals surface area contributed by atoms with E-state index in [1.54, 1.807) is 0 Å². The van der Waals surface area contributed by atoms with Crippen molar-refractivity contribution in [1.29, 1.82) is 0 Å². The molecule has 13 heavy (non-hydrogen) atoms. The Kier molecular flexibility index (Phi) is 3.58. The molecule has 1 N–H and O–H groups in total. The number of aliphatic hydroxyl groups is 1. The minimum absolute atomic E-state index is 0.750. The monoisotopic (exact) mass is 172 g/mol. The first-order valence-electron chi connectivity index (χ1n) is 4.07. The molecule has 0 heterocycles. The number of benzene rings is 2. The molecule has 66 valence electrons. The fourth-order valence-corrected chi connectivity index (χ4v) is 1.13. The van der Waals surface area contributed by atoms with Crippen molar-refractivity contribution < 1.29 is 5.11 Å². The molecule has 0 saturated carbocycles. The van der Waals surface area contributed by atoms with Gasteiger partial charge in [-0.2, -0.15) is 0 Å². The van der Waals surface area contributed by atoms with Gasteiger partial charge in [-0.25, -0.2) is 0 Å². The van der Waals surface area contributed by atoms with E-state index in [1.807, 2.05) is 0 Å². The van der Waals surface area contributed by atoms with E-state index in [9.17, 15) is 0 Å². The average molecular weight is 172 g/mol. The highest BCUT2D eigenvalue weighted by atomic mass is 16.2. The minimum atomic E-state index is 0.750. The molecule has 0 unspecified atom stereocenters. The summed E-state index contributed by atoms with van der Waals surface area (Å²) in [5.41, 5.74) is 0. The summed E-state index contributed by atoms with van der Waals surface area (Å²) < 4.78 is 0. The van der Waals surface area contributed by atoms with Gasteiger partial charge < -0.3 is 5.11 Å². The van der Waals surface area contributed by atoms with Crippen molar-refractivity contribution in [2.75, 3.05) is 0 Å². The van der Waals surface area contributed by atoms with Gasteiger partial charge in [-0.05, 0) is 10.8 Å². The van der Waals surface area contributed by atoms with Crippen molar-refractivity contribution in [1.82, 2.24) is 0 Å². The molecular weight excluding hydrogens is 160 g/mol. The van der Waals surface area contributed by atoms with Crippen LogP contribution in [0, 0.1) is 0 Å². The Morgan fingerprint density at radius 2 is 1.08 bits per heavy atom. The highest BCUT2D eigenvalue weighted by Gasteiger charge is 1.85. The quantitative estimate of drug-likeness (QED) is 0.603. The first-order valence-corrected chi connectivity index (χ1v) is 4.07. The maximum Gasteiger partial charge on any atom is 0.0719 e. The lowest BCUT2D eigenvalue weighted by molar-refractivity contribution is 0.476. The van der Waals surface area contributed by atoms with E-state index in [4.69, 9.17) is 5.11 Å². The normalized spacial score (nSPS) is 8.62. The second-order valence-electron chi connectivity index (χ2n) is 2.53. The zero-order chi connectivity index (χ0) is 9.52. The molecule has 1 nitrogen and oxygen atoms in total. The molecule has 0 aliphatic heterocycles. The van der Waals surface area contributed by atoms with Crippen molar-refractivity contribution in [3.63, 3.8) is 0 Å². The maximum atomic E-state index is 7.33. The molecule has 0 atom stereocenters. The van der Waals surface area contributed by atoms with Gasteiger partial charge in [0, 0.05) is 0 Å². The van der Waals surface area contributed by atoms with Crippen molar-refractivity contribution >= 4 is 10.8 Å². The summed E-state index contributed by atoms with van der Waals surface area (Å²) in [5.74, 6) is 0. The van der Waals surface area contributed by atoms with Crippen LogP contribution in [0.1, 0.15) is 0 Å². The molecule has 0 bridgehead atoms. The van der Waals surface area contributed by atoms with Gasteiger partial charge in [-0.1, -0.05) is 55.1 Å². The molecule has 0 aliphatic carbocycles. The highest BCUT2D eigenvalue weighted by Crippen LogP contribution is 2.11. The van der Waals surface area contributed by atoms with Crippen molar-refractivity contribution in [3.05, 3.63) is 61.4 Å². The summed E-state index contributed by atoms with van der Waals surface area (Å²) in [4.78, 5) is 0. The molecular formula is C12H12O. The highest BCUT2D eigenvalue weighted by molar-refractivity contribution is 5.81. The van der Waals surface area contributed by atoms with Crippen LogP contribution >= 0.6 is 0 Å². The number of aliphatic hydroxyl groups excluding tert-OH is 1. The molecule has 0 aliphatic rings. The molecule has 0 saturated heterocycles. The minimum Gasteiger partial charge on any atom is -0.516 e. The molecule has 0 fully saturated rings. The van der Waals surface area contributed by atoms with E-state index < -0.39 is 0 Å². The Balaban J connectivity index is 0.000000251. The van der Waals surface area contributed by atoms with Crippen LogP contribution in [0.25, 0.3) is 10.8 Å². The van der Waals surface area contributed by atoms with Gasteiger partial charge in [0.2, 0.25) is 0 Å². The molecule has 2 rings (SSSR count). The Bertz CT molecular complexity index is 314. The lowest BCUT2D eigenvalue weighted by Crippen LogP contribution is -1.67. The van der Waals surface area contributed by atoms with Crippen LogP contribution in [0.15, 0.2) is 61.4 Å². The van der Waals surface area contributed by atoms with Gasteiger partial charge in [0.25, 0.3) is 0 Å². The zero-order valence-corrected chi connectivity index (χ0v) is 7.35. The van der Waals surface area contributed by atoms with Gasteiger partial charge in [0.05, 0.1) is 6.26 Å². The fraction of sp³-hybridized carbons (Fsp3) is 0. The second-order valence-corrected chi connectivity index (χ2v) is 2.53. The maximum absolute atomic E-state index is 7.33. The third kappa shape index (κ3) is 2.64. The van der Waals surface area contributed by atoms with E-state index in [2.05, 4.69) is 55.1 Å². The Hall–Kier alpha value is -1.76. The van der Waals surface area contributed by atoms with E-state index in [0.717, 1.165) is 6.26 Å². The SMILES string of the molecule is C=CO.c1ccc2ccccc2c1. The van der Waals surface area contributed by atoms with Crippen LogP contribution in [0.3, 0.4) is 0 Å². The van der Waals surface area contributed by atoms with Crippen molar-refractivity contribution in [2.24, 2.45) is 0 Å². The number of rotatable bonds is 0. The van der Waals surface area contributed by atoms with E-state index >= 15 is 0 Å². The van der Waals surface area contributed by atoms with Gasteiger partial charge >= 0.3 is 0 Å². The van der Waals surface area contributed by atoms with E-state index in [1.165, 1.54) is 10.8 Å². The van der Waals surface area contributed by atoms with Gasteiger partial charge in [0.1, 0.15) is 0 Å². The summed E-state index contributed by atoms with van der Waals surface area (Å²) >= 11 is 0. The van der Waals surface area contributed by atoms with Crippen molar-refractivity contribution in [2.45, 2.75) is 0 Å². The smallest absolute Gasteiger partial charge is 0.0719 e. The molecule has 2 aromatic carbocycles. The number of hydrogen-bond donors (Lipinski definition) is 1. The second kappa shape index (κ2) is 4.99. The summed E-state index contributed by atoms with van der Waals surface area (Å²) in [7, 11) is 0. The third-order valence-electron chi connectivity index (χ3n) is 1.66.